The van der Waals surface area contributed by atoms with Gasteiger partial charge in [0.2, 0.25) is 0 Å². The highest BCUT2D eigenvalue weighted by atomic mass is 35.5. The molecule has 0 aliphatic carbocycles. The molecule has 0 saturated carbocycles. The van der Waals surface area contributed by atoms with Gasteiger partial charge < -0.3 is 19.8 Å². The minimum absolute atomic E-state index is 0. The number of rotatable bonds is 9. The van der Waals surface area contributed by atoms with E-state index in [1.807, 2.05) is 29.2 Å². The molecule has 0 unspecified atom stereocenters. The van der Waals surface area contributed by atoms with Crippen molar-refractivity contribution >= 4 is 24.1 Å². The fraction of sp³-hybridized carbons (Fsp3) is 0.533. The van der Waals surface area contributed by atoms with Gasteiger partial charge in [0.15, 0.2) is 0 Å². The first-order chi connectivity index (χ1) is 9.72. The van der Waals surface area contributed by atoms with Crippen LogP contribution in [0.15, 0.2) is 24.3 Å². The number of carbonyl (C=O) groups is 1. The van der Waals surface area contributed by atoms with E-state index in [1.165, 1.54) is 7.11 Å². The Balaban J connectivity index is 0.00000400. The quantitative estimate of drug-likeness (QED) is 0.674. The molecule has 0 aliphatic rings. The number of benzene rings is 1. The van der Waals surface area contributed by atoms with Crippen molar-refractivity contribution in [2.75, 3.05) is 38.3 Å². The first-order valence-electron chi connectivity index (χ1n) is 6.84. The Morgan fingerprint density at radius 2 is 1.81 bits per heavy atom. The summed E-state index contributed by atoms with van der Waals surface area (Å²) < 4.78 is 4.63. The third-order valence-electron chi connectivity index (χ3n) is 3.13. The molecule has 6 heteroatoms. The van der Waals surface area contributed by atoms with Crippen LogP contribution < -0.4 is 4.90 Å². The Bertz CT molecular complexity index is 408. The van der Waals surface area contributed by atoms with Crippen LogP contribution in [0.25, 0.3) is 0 Å². The molecule has 1 aromatic carbocycles. The maximum absolute atomic E-state index is 11.1. The lowest BCUT2D eigenvalue weighted by atomic mass is 10.0. The second kappa shape index (κ2) is 11.4. The van der Waals surface area contributed by atoms with Gasteiger partial charge in [0.05, 0.1) is 20.3 Å². The topological polar surface area (TPSA) is 70.0 Å². The lowest BCUT2D eigenvalue weighted by Crippen LogP contribution is -2.30. The van der Waals surface area contributed by atoms with E-state index < -0.39 is 0 Å². The number of hydrogen-bond acceptors (Lipinski definition) is 5. The van der Waals surface area contributed by atoms with Crippen LogP contribution in [0.2, 0.25) is 0 Å². The minimum atomic E-state index is -0.204. The Morgan fingerprint density at radius 3 is 2.38 bits per heavy atom. The molecule has 1 rings (SSSR count). The largest absolute Gasteiger partial charge is 0.469 e. The molecule has 0 aromatic heterocycles. The number of hydrogen-bond donors (Lipinski definition) is 2. The maximum atomic E-state index is 11.1. The van der Waals surface area contributed by atoms with Crippen molar-refractivity contribution in [3.63, 3.8) is 0 Å². The summed E-state index contributed by atoms with van der Waals surface area (Å²) in [6, 6.07) is 7.86. The van der Waals surface area contributed by atoms with Gasteiger partial charge in [-0.05, 0) is 24.5 Å². The molecule has 2 N–H and O–H groups in total. The van der Waals surface area contributed by atoms with Crippen molar-refractivity contribution in [1.82, 2.24) is 0 Å². The lowest BCUT2D eigenvalue weighted by Gasteiger charge is -2.25. The van der Waals surface area contributed by atoms with Gasteiger partial charge in [-0.15, -0.1) is 12.4 Å². The highest BCUT2D eigenvalue weighted by Gasteiger charge is 2.10. The molecule has 0 bridgehead atoms. The fourth-order valence-corrected chi connectivity index (χ4v) is 2.15. The Labute approximate surface area is 131 Å². The number of aryl methyl sites for hydroxylation is 1. The van der Waals surface area contributed by atoms with Gasteiger partial charge in [0.1, 0.15) is 0 Å². The molecule has 0 radical (unpaired) electrons. The fourth-order valence-electron chi connectivity index (χ4n) is 2.15. The van der Waals surface area contributed by atoms with Crippen molar-refractivity contribution < 1.29 is 19.7 Å². The summed E-state index contributed by atoms with van der Waals surface area (Å²) in [5, 5.41) is 18.2. The number of carbonyl (C=O) groups excluding carboxylic acids is 1. The third-order valence-corrected chi connectivity index (χ3v) is 3.13. The number of anilines is 1. The van der Waals surface area contributed by atoms with E-state index in [2.05, 4.69) is 4.74 Å². The summed E-state index contributed by atoms with van der Waals surface area (Å²) in [6.07, 6.45) is 1.87. The van der Waals surface area contributed by atoms with E-state index in [9.17, 15) is 4.79 Å². The summed E-state index contributed by atoms with van der Waals surface area (Å²) in [5.74, 6) is -0.204. The number of esters is 1. The number of aliphatic hydroxyl groups is 2. The molecule has 5 nitrogen and oxygen atoms in total. The Kier molecular flexibility index (Phi) is 10.7. The SMILES string of the molecule is COC(=O)CCCc1ccccc1N(CCO)CCO.Cl. The van der Waals surface area contributed by atoms with Gasteiger partial charge in [0.25, 0.3) is 0 Å². The van der Waals surface area contributed by atoms with Crippen LogP contribution in [0.4, 0.5) is 5.69 Å². The number of aliphatic hydroxyl groups excluding tert-OH is 2. The molecular weight excluding hydrogens is 294 g/mol. The molecule has 120 valence electrons. The molecule has 0 heterocycles. The van der Waals surface area contributed by atoms with Crippen molar-refractivity contribution in [1.29, 1.82) is 0 Å². The van der Waals surface area contributed by atoms with Gasteiger partial charge in [0, 0.05) is 25.2 Å². The monoisotopic (exact) mass is 317 g/mol. The summed E-state index contributed by atoms with van der Waals surface area (Å²) in [7, 11) is 1.39. The van der Waals surface area contributed by atoms with Crippen molar-refractivity contribution in [2.45, 2.75) is 19.3 Å². The van der Waals surface area contributed by atoms with Crippen LogP contribution in [0.1, 0.15) is 18.4 Å². The highest BCUT2D eigenvalue weighted by molar-refractivity contribution is 5.85. The Morgan fingerprint density at radius 1 is 1.19 bits per heavy atom. The summed E-state index contributed by atoms with van der Waals surface area (Å²) in [4.78, 5) is 13.1. The molecule has 1 aromatic rings. The van der Waals surface area contributed by atoms with Crippen LogP contribution in [0.3, 0.4) is 0 Å². The summed E-state index contributed by atoms with van der Waals surface area (Å²) >= 11 is 0. The van der Waals surface area contributed by atoms with Gasteiger partial charge in [-0.3, -0.25) is 4.79 Å². The smallest absolute Gasteiger partial charge is 0.305 e. The van der Waals surface area contributed by atoms with Crippen LogP contribution in [0.5, 0.6) is 0 Å². The van der Waals surface area contributed by atoms with Gasteiger partial charge in [-0.1, -0.05) is 18.2 Å². The summed E-state index contributed by atoms with van der Waals surface area (Å²) in [5.41, 5.74) is 2.11. The number of nitrogens with zero attached hydrogens (tertiary/aromatic N) is 1. The molecule has 0 aliphatic heterocycles. The number of halogens is 1. The third kappa shape index (κ3) is 6.80. The van der Waals surface area contributed by atoms with E-state index in [0.29, 0.717) is 19.5 Å². The molecule has 0 atom stereocenters. The van der Waals surface area contributed by atoms with Crippen LogP contribution in [0, 0.1) is 0 Å². The zero-order valence-corrected chi connectivity index (χ0v) is 13.1. The van der Waals surface area contributed by atoms with Gasteiger partial charge >= 0.3 is 5.97 Å². The van der Waals surface area contributed by atoms with Crippen molar-refractivity contribution in [3.8, 4) is 0 Å². The van der Waals surface area contributed by atoms with Crippen molar-refractivity contribution in [2.24, 2.45) is 0 Å². The molecule has 0 amide bonds. The molecule has 0 spiro atoms. The van der Waals surface area contributed by atoms with Crippen molar-refractivity contribution in [3.05, 3.63) is 29.8 Å². The van der Waals surface area contributed by atoms with E-state index in [1.54, 1.807) is 0 Å². The highest BCUT2D eigenvalue weighted by Crippen LogP contribution is 2.22. The maximum Gasteiger partial charge on any atom is 0.305 e. The zero-order valence-electron chi connectivity index (χ0n) is 12.3. The lowest BCUT2D eigenvalue weighted by molar-refractivity contribution is -0.140. The number of methoxy groups -OCH3 is 1. The average Bonchev–Trinajstić information content (AvgIpc) is 2.47. The van der Waals surface area contributed by atoms with E-state index in [4.69, 9.17) is 10.2 Å². The summed E-state index contributed by atoms with van der Waals surface area (Å²) in [6.45, 7) is 1.04. The van der Waals surface area contributed by atoms with Crippen LogP contribution in [-0.4, -0.2) is 49.6 Å². The van der Waals surface area contributed by atoms with Crippen LogP contribution in [-0.2, 0) is 16.0 Å². The number of ether oxygens (including phenoxy) is 1. The first kappa shape index (κ1) is 19.7. The zero-order chi connectivity index (χ0) is 14.8. The second-order valence-corrected chi connectivity index (χ2v) is 4.49. The standard InChI is InChI=1S/C15H23NO4.ClH/c1-20-15(19)8-4-6-13-5-2-3-7-14(13)16(9-11-17)10-12-18;/h2-3,5,7,17-18H,4,6,8-12H2,1H3;1H. The molecule has 21 heavy (non-hydrogen) atoms. The molecule has 0 saturated heterocycles. The molecule has 0 fully saturated rings. The number of para-hydroxylation sites is 1. The molecular formula is C15H24ClNO4. The van der Waals surface area contributed by atoms with Gasteiger partial charge in [-0.25, -0.2) is 0 Å². The normalized spacial score (nSPS) is 9.86. The Hall–Kier alpha value is -1.30. The first-order valence-corrected chi connectivity index (χ1v) is 6.84. The average molecular weight is 318 g/mol. The van der Waals surface area contributed by atoms with Crippen LogP contribution >= 0.6 is 12.4 Å². The van der Waals surface area contributed by atoms with E-state index in [-0.39, 0.29) is 31.6 Å². The predicted molar refractivity (Wildman–Crippen MR) is 85.0 cm³/mol. The minimum Gasteiger partial charge on any atom is -0.469 e. The van der Waals surface area contributed by atoms with Gasteiger partial charge in [-0.2, -0.15) is 0 Å². The predicted octanol–water partition coefficient (Wildman–Crippen LogP) is 1.40. The van der Waals surface area contributed by atoms with E-state index >= 15 is 0 Å². The van der Waals surface area contributed by atoms with E-state index in [0.717, 1.165) is 24.1 Å². The second-order valence-electron chi connectivity index (χ2n) is 4.49.